The molecular formula is C24H28FNS. The molecule has 0 saturated carbocycles. The van der Waals surface area contributed by atoms with Crippen LogP contribution < -0.4 is 5.73 Å². The van der Waals surface area contributed by atoms with E-state index in [1.807, 2.05) is 19.1 Å². The zero-order valence-electron chi connectivity index (χ0n) is 16.6. The van der Waals surface area contributed by atoms with Crippen molar-refractivity contribution in [3.8, 4) is 0 Å². The lowest BCUT2D eigenvalue weighted by Crippen LogP contribution is -2.08. The minimum atomic E-state index is -0.145. The molecule has 1 unspecified atom stereocenters. The number of benzene rings is 2. The highest BCUT2D eigenvalue weighted by atomic mass is 32.2. The number of rotatable bonds is 5. The maximum absolute atomic E-state index is 13.5. The second-order valence-electron chi connectivity index (χ2n) is 7.51. The van der Waals surface area contributed by atoms with Gasteiger partial charge in [-0.2, -0.15) is 0 Å². The fourth-order valence-electron chi connectivity index (χ4n) is 3.56. The molecule has 0 radical (unpaired) electrons. The van der Waals surface area contributed by atoms with Crippen molar-refractivity contribution in [2.75, 3.05) is 6.54 Å². The highest BCUT2D eigenvalue weighted by molar-refractivity contribution is 8.11. The molecule has 0 amide bonds. The number of hydrogen-bond donors (Lipinski definition) is 1. The van der Waals surface area contributed by atoms with Crippen LogP contribution >= 0.6 is 11.8 Å². The number of hydrogen-bond acceptors (Lipinski definition) is 2. The van der Waals surface area contributed by atoms with Gasteiger partial charge < -0.3 is 5.73 Å². The van der Waals surface area contributed by atoms with Crippen molar-refractivity contribution >= 4 is 16.7 Å². The molecule has 0 aromatic heterocycles. The molecule has 0 spiro atoms. The van der Waals surface area contributed by atoms with Gasteiger partial charge in [0, 0.05) is 4.91 Å². The zero-order chi connectivity index (χ0) is 19.6. The van der Waals surface area contributed by atoms with Crippen molar-refractivity contribution in [2.24, 2.45) is 11.7 Å². The minimum absolute atomic E-state index is 0.145. The van der Waals surface area contributed by atoms with Crippen LogP contribution in [0.3, 0.4) is 0 Å². The van der Waals surface area contributed by atoms with Gasteiger partial charge in [0.2, 0.25) is 0 Å². The van der Waals surface area contributed by atoms with Gasteiger partial charge in [-0.1, -0.05) is 48.5 Å². The molecule has 1 aliphatic rings. The Morgan fingerprint density at radius 3 is 2.37 bits per heavy atom. The molecule has 0 fully saturated rings. The number of thioether (sulfide) groups is 1. The van der Waals surface area contributed by atoms with E-state index in [1.165, 1.54) is 32.7 Å². The van der Waals surface area contributed by atoms with E-state index < -0.39 is 0 Å². The molecule has 0 saturated heterocycles. The first kappa shape index (κ1) is 19.9. The predicted octanol–water partition coefficient (Wildman–Crippen LogP) is 6.10. The third-order valence-corrected chi connectivity index (χ3v) is 6.42. The Hall–Kier alpha value is -1.84. The molecule has 2 aromatic carbocycles. The van der Waals surface area contributed by atoms with Crippen LogP contribution in [-0.4, -0.2) is 6.54 Å². The Balaban J connectivity index is 1.78. The van der Waals surface area contributed by atoms with E-state index in [9.17, 15) is 4.39 Å². The highest BCUT2D eigenvalue weighted by Crippen LogP contribution is 2.39. The summed E-state index contributed by atoms with van der Waals surface area (Å²) in [6.07, 6.45) is 4.21. The highest BCUT2D eigenvalue weighted by Gasteiger charge is 2.17. The van der Waals surface area contributed by atoms with Gasteiger partial charge in [-0.3, -0.25) is 0 Å². The largest absolute Gasteiger partial charge is 0.330 e. The SMILES string of the molecule is Cc1cc(C2=CC(C)C(Cc3cc(C)c(CCN)cc3C)=CS2)ccc1F. The van der Waals surface area contributed by atoms with Crippen molar-refractivity contribution < 1.29 is 4.39 Å². The minimum Gasteiger partial charge on any atom is -0.330 e. The van der Waals surface area contributed by atoms with Crippen molar-refractivity contribution in [3.05, 3.63) is 86.6 Å². The lowest BCUT2D eigenvalue weighted by molar-refractivity contribution is 0.618. The van der Waals surface area contributed by atoms with Crippen LogP contribution in [0.15, 0.2) is 47.4 Å². The molecule has 142 valence electrons. The molecule has 0 bridgehead atoms. The monoisotopic (exact) mass is 381 g/mol. The van der Waals surface area contributed by atoms with Crippen LogP contribution in [-0.2, 0) is 12.8 Å². The van der Waals surface area contributed by atoms with Gasteiger partial charge in [-0.25, -0.2) is 4.39 Å². The number of allylic oxidation sites excluding steroid dienone is 2. The lowest BCUT2D eigenvalue weighted by atomic mass is 9.90. The number of aryl methyl sites for hydroxylation is 3. The van der Waals surface area contributed by atoms with Crippen molar-refractivity contribution in [2.45, 2.75) is 40.5 Å². The molecule has 2 N–H and O–H groups in total. The fourth-order valence-corrected chi connectivity index (χ4v) is 4.68. The van der Waals surface area contributed by atoms with Gasteiger partial charge in [0.1, 0.15) is 5.82 Å². The van der Waals surface area contributed by atoms with Crippen LogP contribution in [0, 0.1) is 32.5 Å². The molecular weight excluding hydrogens is 353 g/mol. The summed E-state index contributed by atoms with van der Waals surface area (Å²) in [5.41, 5.74) is 14.4. The molecule has 1 aliphatic heterocycles. The number of nitrogens with two attached hydrogens (primary N) is 1. The second kappa shape index (κ2) is 8.45. The molecule has 0 aliphatic carbocycles. The van der Waals surface area contributed by atoms with Crippen LogP contribution in [0.25, 0.3) is 4.91 Å². The summed E-state index contributed by atoms with van der Waals surface area (Å²) in [7, 11) is 0. The standard InChI is InChI=1S/C24H28FNS/c1-15-10-21(16(2)9-19(15)7-8-26)13-22-14-27-24(12-17(22)3)20-5-6-23(25)18(4)11-20/h5-6,9-12,14,17H,7-8,13,26H2,1-4H3. The van der Waals surface area contributed by atoms with E-state index >= 15 is 0 Å². The average Bonchev–Trinajstić information content (AvgIpc) is 2.63. The smallest absolute Gasteiger partial charge is 0.126 e. The van der Waals surface area contributed by atoms with Crippen LogP contribution in [0.5, 0.6) is 0 Å². The van der Waals surface area contributed by atoms with E-state index in [1.54, 1.807) is 17.8 Å². The molecule has 2 aromatic rings. The van der Waals surface area contributed by atoms with Crippen molar-refractivity contribution in [3.63, 3.8) is 0 Å². The summed E-state index contributed by atoms with van der Waals surface area (Å²) in [6, 6.07) is 9.98. The predicted molar refractivity (Wildman–Crippen MR) is 116 cm³/mol. The fraction of sp³-hybridized carbons (Fsp3) is 0.333. The number of halogens is 1. The van der Waals surface area contributed by atoms with Crippen LogP contribution in [0.1, 0.15) is 40.3 Å². The summed E-state index contributed by atoms with van der Waals surface area (Å²) >= 11 is 1.74. The summed E-state index contributed by atoms with van der Waals surface area (Å²) in [5.74, 6) is 0.225. The molecule has 1 nitrogen and oxygen atoms in total. The Kier molecular flexibility index (Phi) is 6.23. The van der Waals surface area contributed by atoms with E-state index in [2.05, 4.69) is 44.4 Å². The van der Waals surface area contributed by atoms with E-state index in [0.717, 1.165) is 18.4 Å². The Morgan fingerprint density at radius 2 is 1.70 bits per heavy atom. The lowest BCUT2D eigenvalue weighted by Gasteiger charge is -2.21. The summed E-state index contributed by atoms with van der Waals surface area (Å²) in [6.45, 7) is 9.12. The third-order valence-electron chi connectivity index (χ3n) is 5.37. The van der Waals surface area contributed by atoms with Gasteiger partial charge in [0.05, 0.1) is 0 Å². The molecule has 3 rings (SSSR count). The molecule has 27 heavy (non-hydrogen) atoms. The van der Waals surface area contributed by atoms with Crippen LogP contribution in [0.4, 0.5) is 4.39 Å². The Bertz CT molecular complexity index is 911. The molecule has 3 heteroatoms. The van der Waals surface area contributed by atoms with E-state index in [-0.39, 0.29) is 5.82 Å². The topological polar surface area (TPSA) is 26.0 Å². The van der Waals surface area contributed by atoms with Gasteiger partial charge in [-0.15, -0.1) is 0 Å². The average molecular weight is 382 g/mol. The Labute approximate surface area is 166 Å². The first-order valence-corrected chi connectivity index (χ1v) is 10.4. The molecule has 1 heterocycles. The van der Waals surface area contributed by atoms with E-state index in [0.29, 0.717) is 18.0 Å². The molecule has 1 atom stereocenters. The third kappa shape index (κ3) is 4.53. The first-order valence-electron chi connectivity index (χ1n) is 9.52. The second-order valence-corrected chi connectivity index (χ2v) is 8.43. The van der Waals surface area contributed by atoms with Crippen molar-refractivity contribution in [1.29, 1.82) is 0 Å². The summed E-state index contributed by atoms with van der Waals surface area (Å²) in [4.78, 5) is 1.21. The Morgan fingerprint density at radius 1 is 1.00 bits per heavy atom. The maximum atomic E-state index is 13.5. The zero-order valence-corrected chi connectivity index (χ0v) is 17.4. The normalized spacial score (nSPS) is 16.9. The quantitative estimate of drug-likeness (QED) is 0.677. The van der Waals surface area contributed by atoms with E-state index in [4.69, 9.17) is 5.73 Å². The van der Waals surface area contributed by atoms with Crippen LogP contribution in [0.2, 0.25) is 0 Å². The summed E-state index contributed by atoms with van der Waals surface area (Å²) in [5, 5.41) is 2.28. The first-order chi connectivity index (χ1) is 12.9. The van der Waals surface area contributed by atoms with Gasteiger partial charge in [0.25, 0.3) is 0 Å². The van der Waals surface area contributed by atoms with Gasteiger partial charge in [0.15, 0.2) is 0 Å². The van der Waals surface area contributed by atoms with Crippen molar-refractivity contribution in [1.82, 2.24) is 0 Å². The van der Waals surface area contributed by atoms with Gasteiger partial charge >= 0.3 is 0 Å². The maximum Gasteiger partial charge on any atom is 0.126 e. The van der Waals surface area contributed by atoms with Gasteiger partial charge in [-0.05, 0) is 97.0 Å². The summed E-state index contributed by atoms with van der Waals surface area (Å²) < 4.78 is 13.5.